The van der Waals surface area contributed by atoms with Gasteiger partial charge < -0.3 is 15.6 Å². The fourth-order valence-corrected chi connectivity index (χ4v) is 3.42. The zero-order valence-corrected chi connectivity index (χ0v) is 18.7. The lowest BCUT2D eigenvalue weighted by Crippen LogP contribution is -2.43. The summed E-state index contributed by atoms with van der Waals surface area (Å²) in [5.41, 5.74) is 2.39. The Bertz CT molecular complexity index is 817. The first-order valence-electron chi connectivity index (χ1n) is 8.66. The van der Waals surface area contributed by atoms with Crippen LogP contribution in [0.15, 0.2) is 35.5 Å². The van der Waals surface area contributed by atoms with Gasteiger partial charge in [-0.15, -0.1) is 24.0 Å². The number of rotatable bonds is 8. The van der Waals surface area contributed by atoms with Crippen molar-refractivity contribution in [3.63, 3.8) is 0 Å². The molecule has 146 valence electrons. The first-order chi connectivity index (χ1) is 11.9. The summed E-state index contributed by atoms with van der Waals surface area (Å²) < 4.78 is 22.6. The minimum absolute atomic E-state index is 0. The lowest BCUT2D eigenvalue weighted by atomic mass is 10.1. The Morgan fingerprint density at radius 2 is 2.04 bits per heavy atom. The molecule has 0 spiro atoms. The lowest BCUT2D eigenvalue weighted by molar-refractivity contribution is 0.581. The maximum Gasteiger partial charge on any atom is 0.191 e. The number of nitrogens with one attached hydrogen (secondary N) is 3. The fraction of sp³-hybridized carbons (Fsp3) is 0.500. The largest absolute Gasteiger partial charge is 0.361 e. The maximum atomic E-state index is 11.3. The molecule has 1 aromatic heterocycles. The average molecular weight is 492 g/mol. The second kappa shape index (κ2) is 10.8. The van der Waals surface area contributed by atoms with Gasteiger partial charge in [0, 0.05) is 42.5 Å². The van der Waals surface area contributed by atoms with Crippen LogP contribution in [-0.4, -0.2) is 50.5 Å². The smallest absolute Gasteiger partial charge is 0.191 e. The van der Waals surface area contributed by atoms with E-state index in [1.807, 2.05) is 32.2 Å². The molecule has 8 heteroatoms. The van der Waals surface area contributed by atoms with Crippen molar-refractivity contribution >= 4 is 50.7 Å². The predicted molar refractivity (Wildman–Crippen MR) is 120 cm³/mol. The van der Waals surface area contributed by atoms with Crippen molar-refractivity contribution in [3.05, 3.63) is 36.0 Å². The molecule has 1 aromatic carbocycles. The molecular weight excluding hydrogens is 463 g/mol. The Morgan fingerprint density at radius 3 is 2.73 bits per heavy atom. The van der Waals surface area contributed by atoms with Gasteiger partial charge in [0.25, 0.3) is 0 Å². The summed E-state index contributed by atoms with van der Waals surface area (Å²) in [6.45, 7) is 5.41. The maximum absolute atomic E-state index is 11.3. The van der Waals surface area contributed by atoms with Crippen molar-refractivity contribution in [2.24, 2.45) is 4.99 Å². The summed E-state index contributed by atoms with van der Waals surface area (Å²) in [6.07, 6.45) is 4.71. The number of benzene rings is 1. The molecule has 1 atom stereocenters. The molecule has 0 aliphatic heterocycles. The van der Waals surface area contributed by atoms with Crippen LogP contribution in [0.25, 0.3) is 10.9 Å². The Labute approximate surface area is 173 Å². The van der Waals surface area contributed by atoms with Crippen LogP contribution in [0, 0.1) is 0 Å². The second-order valence-corrected chi connectivity index (χ2v) is 8.59. The summed E-state index contributed by atoms with van der Waals surface area (Å²) >= 11 is 0. The van der Waals surface area contributed by atoms with Gasteiger partial charge in [-0.3, -0.25) is 4.99 Å². The minimum atomic E-state index is -2.94. The van der Waals surface area contributed by atoms with Crippen LogP contribution >= 0.6 is 24.0 Å². The Morgan fingerprint density at radius 1 is 1.31 bits per heavy atom. The van der Waals surface area contributed by atoms with Gasteiger partial charge in [0.1, 0.15) is 9.84 Å². The Balaban J connectivity index is 0.00000338. The van der Waals surface area contributed by atoms with Crippen molar-refractivity contribution in [2.75, 3.05) is 25.1 Å². The van der Waals surface area contributed by atoms with Gasteiger partial charge in [-0.05, 0) is 38.3 Å². The standard InChI is InChI=1S/C18H28N4O2S.HI/c1-4-19-18(22-14(2)10-12-25(3,23)24)20-11-9-15-13-21-17-8-6-5-7-16(15)17;/h5-8,13-14,21H,4,9-12H2,1-3H3,(H2,19,20,22);1H. The number of sulfone groups is 1. The van der Waals surface area contributed by atoms with Crippen molar-refractivity contribution < 1.29 is 8.42 Å². The molecular formula is C18H29IN4O2S. The molecule has 6 nitrogen and oxygen atoms in total. The number of hydrogen-bond acceptors (Lipinski definition) is 3. The summed E-state index contributed by atoms with van der Waals surface area (Å²) in [6, 6.07) is 8.28. The normalized spacial score (nSPS) is 13.3. The summed E-state index contributed by atoms with van der Waals surface area (Å²) in [5.74, 6) is 0.902. The molecule has 2 aromatic rings. The highest BCUT2D eigenvalue weighted by Crippen LogP contribution is 2.17. The molecule has 26 heavy (non-hydrogen) atoms. The fourth-order valence-electron chi connectivity index (χ4n) is 2.64. The van der Waals surface area contributed by atoms with E-state index in [0.29, 0.717) is 13.0 Å². The number of fused-ring (bicyclic) bond motifs is 1. The van der Waals surface area contributed by atoms with Gasteiger partial charge in [-0.25, -0.2) is 8.42 Å². The summed E-state index contributed by atoms with van der Waals surface area (Å²) in [7, 11) is -2.94. The Hall–Kier alpha value is -1.29. The van der Waals surface area contributed by atoms with Gasteiger partial charge >= 0.3 is 0 Å². The number of aromatic nitrogens is 1. The first-order valence-corrected chi connectivity index (χ1v) is 10.7. The molecule has 1 unspecified atom stereocenters. The third kappa shape index (κ3) is 7.53. The molecule has 0 aliphatic carbocycles. The zero-order chi connectivity index (χ0) is 18.3. The van der Waals surface area contributed by atoms with E-state index < -0.39 is 9.84 Å². The molecule has 0 bridgehead atoms. The van der Waals surface area contributed by atoms with Gasteiger partial charge in [-0.2, -0.15) is 0 Å². The van der Waals surface area contributed by atoms with E-state index >= 15 is 0 Å². The van der Waals surface area contributed by atoms with Crippen LogP contribution in [0.4, 0.5) is 0 Å². The molecule has 0 saturated carbocycles. The van der Waals surface area contributed by atoms with Crippen molar-refractivity contribution in [2.45, 2.75) is 32.7 Å². The van der Waals surface area contributed by atoms with Crippen molar-refractivity contribution in [3.8, 4) is 0 Å². The molecule has 2 rings (SSSR count). The second-order valence-electron chi connectivity index (χ2n) is 6.33. The Kier molecular flexibility index (Phi) is 9.42. The molecule has 0 radical (unpaired) electrons. The van der Waals surface area contributed by atoms with E-state index in [9.17, 15) is 8.42 Å². The van der Waals surface area contributed by atoms with Crippen LogP contribution in [0.2, 0.25) is 0 Å². The quantitative estimate of drug-likeness (QED) is 0.301. The number of aromatic amines is 1. The molecule has 0 saturated heterocycles. The highest BCUT2D eigenvalue weighted by atomic mass is 127. The van der Waals surface area contributed by atoms with Gasteiger partial charge in [0.2, 0.25) is 0 Å². The number of nitrogens with zero attached hydrogens (tertiary/aromatic N) is 1. The van der Waals surface area contributed by atoms with Crippen LogP contribution in [0.1, 0.15) is 25.8 Å². The van der Waals surface area contributed by atoms with E-state index in [0.717, 1.165) is 24.4 Å². The van der Waals surface area contributed by atoms with Gasteiger partial charge in [0.05, 0.1) is 5.75 Å². The van der Waals surface area contributed by atoms with E-state index in [1.165, 1.54) is 17.2 Å². The number of guanidine groups is 1. The van der Waals surface area contributed by atoms with E-state index in [4.69, 9.17) is 0 Å². The van der Waals surface area contributed by atoms with Gasteiger partial charge in [0.15, 0.2) is 5.96 Å². The number of para-hydroxylation sites is 1. The highest BCUT2D eigenvalue weighted by molar-refractivity contribution is 14.0. The predicted octanol–water partition coefficient (Wildman–Crippen LogP) is 2.71. The zero-order valence-electron chi connectivity index (χ0n) is 15.6. The number of aliphatic imine (C=N–C) groups is 1. The van der Waals surface area contributed by atoms with Crippen LogP contribution < -0.4 is 10.6 Å². The molecule has 3 N–H and O–H groups in total. The monoisotopic (exact) mass is 492 g/mol. The summed E-state index contributed by atoms with van der Waals surface area (Å²) in [5, 5.41) is 7.72. The van der Waals surface area contributed by atoms with Crippen LogP contribution in [-0.2, 0) is 16.3 Å². The van der Waals surface area contributed by atoms with Crippen molar-refractivity contribution in [1.82, 2.24) is 15.6 Å². The third-order valence-electron chi connectivity index (χ3n) is 3.97. The number of hydrogen-bond donors (Lipinski definition) is 3. The van der Waals surface area contributed by atoms with Crippen molar-refractivity contribution in [1.29, 1.82) is 0 Å². The lowest BCUT2D eigenvalue weighted by Gasteiger charge is -2.17. The SMILES string of the molecule is CCNC(=NCCc1c[nH]c2ccccc12)NC(C)CCS(C)(=O)=O.I. The molecule has 0 amide bonds. The van der Waals surface area contributed by atoms with Crippen LogP contribution in [0.5, 0.6) is 0 Å². The number of halogens is 1. The molecule has 1 heterocycles. The topological polar surface area (TPSA) is 86.3 Å². The number of H-pyrrole nitrogens is 1. The third-order valence-corrected chi connectivity index (χ3v) is 4.95. The summed E-state index contributed by atoms with van der Waals surface area (Å²) in [4.78, 5) is 7.89. The first kappa shape index (κ1) is 22.8. The molecule has 0 fully saturated rings. The van der Waals surface area contributed by atoms with E-state index in [-0.39, 0.29) is 35.8 Å². The van der Waals surface area contributed by atoms with Gasteiger partial charge in [-0.1, -0.05) is 18.2 Å². The van der Waals surface area contributed by atoms with E-state index in [1.54, 1.807) is 0 Å². The van der Waals surface area contributed by atoms with E-state index in [2.05, 4.69) is 32.7 Å². The highest BCUT2D eigenvalue weighted by Gasteiger charge is 2.09. The minimum Gasteiger partial charge on any atom is -0.361 e. The molecule has 0 aliphatic rings. The average Bonchev–Trinajstić information content (AvgIpc) is 2.96. The van der Waals surface area contributed by atoms with Crippen LogP contribution in [0.3, 0.4) is 0 Å².